The zero-order valence-electron chi connectivity index (χ0n) is 12.8. The zero-order valence-corrected chi connectivity index (χ0v) is 14.4. The van der Waals surface area contributed by atoms with Crippen molar-refractivity contribution < 1.29 is 4.79 Å². The molecule has 0 aliphatic carbocycles. The van der Waals surface area contributed by atoms with Crippen LogP contribution in [0.5, 0.6) is 0 Å². The van der Waals surface area contributed by atoms with E-state index in [1.807, 2.05) is 39.0 Å². The van der Waals surface area contributed by atoms with E-state index in [4.69, 9.17) is 11.6 Å². The van der Waals surface area contributed by atoms with E-state index in [-0.39, 0.29) is 5.91 Å². The SMILES string of the molecule is Cc1cc(C)nc(SCCC(=O)Nc2ccc(C)c(Cl)c2)n1. The fourth-order valence-electron chi connectivity index (χ4n) is 1.89. The molecule has 6 heteroatoms. The molecule has 0 aliphatic heterocycles. The number of aryl methyl sites for hydroxylation is 3. The predicted molar refractivity (Wildman–Crippen MR) is 91.7 cm³/mol. The number of anilines is 1. The summed E-state index contributed by atoms with van der Waals surface area (Å²) in [6.07, 6.45) is 0.395. The fraction of sp³-hybridized carbons (Fsp3) is 0.312. The Labute approximate surface area is 139 Å². The van der Waals surface area contributed by atoms with Crippen LogP contribution in [0.3, 0.4) is 0 Å². The molecule has 116 valence electrons. The third-order valence-electron chi connectivity index (χ3n) is 2.98. The molecule has 1 aromatic heterocycles. The Morgan fingerprint density at radius 1 is 1.18 bits per heavy atom. The maximum absolute atomic E-state index is 11.9. The summed E-state index contributed by atoms with van der Waals surface area (Å²) in [6, 6.07) is 7.42. The van der Waals surface area contributed by atoms with Gasteiger partial charge in [0.15, 0.2) is 5.16 Å². The first kappa shape index (κ1) is 16.8. The molecule has 2 aromatic rings. The van der Waals surface area contributed by atoms with Crippen molar-refractivity contribution >= 4 is 35.0 Å². The molecule has 1 amide bonds. The van der Waals surface area contributed by atoms with Gasteiger partial charge in [-0.3, -0.25) is 4.79 Å². The van der Waals surface area contributed by atoms with Crippen molar-refractivity contribution in [2.45, 2.75) is 32.3 Å². The van der Waals surface area contributed by atoms with Gasteiger partial charge in [-0.25, -0.2) is 9.97 Å². The van der Waals surface area contributed by atoms with Gasteiger partial charge in [0, 0.05) is 34.3 Å². The molecule has 0 aliphatic rings. The highest BCUT2D eigenvalue weighted by Gasteiger charge is 2.06. The Hall–Kier alpha value is -1.59. The molecule has 0 bridgehead atoms. The minimum atomic E-state index is -0.0446. The van der Waals surface area contributed by atoms with Crippen LogP contribution < -0.4 is 5.32 Å². The molecular formula is C16H18ClN3OS. The first-order valence-electron chi connectivity index (χ1n) is 6.95. The molecule has 0 fully saturated rings. The van der Waals surface area contributed by atoms with Gasteiger partial charge in [0.25, 0.3) is 0 Å². The van der Waals surface area contributed by atoms with E-state index in [1.54, 1.807) is 6.07 Å². The number of halogens is 1. The average Bonchev–Trinajstić information content (AvgIpc) is 2.42. The summed E-state index contributed by atoms with van der Waals surface area (Å²) in [5.41, 5.74) is 3.58. The van der Waals surface area contributed by atoms with Crippen LogP contribution in [0.2, 0.25) is 5.02 Å². The van der Waals surface area contributed by atoms with Gasteiger partial charge in [-0.2, -0.15) is 0 Å². The molecular weight excluding hydrogens is 318 g/mol. The van der Waals surface area contributed by atoms with Crippen molar-refractivity contribution in [1.82, 2.24) is 9.97 Å². The number of carbonyl (C=O) groups excluding carboxylic acids is 1. The average molecular weight is 336 g/mol. The number of nitrogens with one attached hydrogen (secondary N) is 1. The van der Waals surface area contributed by atoms with Gasteiger partial charge in [-0.05, 0) is 44.5 Å². The second kappa shape index (κ2) is 7.61. The summed E-state index contributed by atoms with van der Waals surface area (Å²) in [4.78, 5) is 20.6. The predicted octanol–water partition coefficient (Wildman–Crippen LogP) is 4.18. The van der Waals surface area contributed by atoms with E-state index in [0.29, 0.717) is 28.0 Å². The molecule has 0 unspecified atom stereocenters. The number of thioether (sulfide) groups is 1. The van der Waals surface area contributed by atoms with Crippen LogP contribution in [0, 0.1) is 20.8 Å². The molecule has 1 aromatic carbocycles. The smallest absolute Gasteiger partial charge is 0.225 e. The van der Waals surface area contributed by atoms with Crippen molar-refractivity contribution in [2.75, 3.05) is 11.1 Å². The van der Waals surface area contributed by atoms with Gasteiger partial charge in [0.1, 0.15) is 0 Å². The number of amides is 1. The molecule has 1 N–H and O–H groups in total. The second-order valence-electron chi connectivity index (χ2n) is 5.04. The summed E-state index contributed by atoms with van der Waals surface area (Å²) in [7, 11) is 0. The number of hydrogen-bond acceptors (Lipinski definition) is 4. The highest BCUT2D eigenvalue weighted by Crippen LogP contribution is 2.20. The number of benzene rings is 1. The maximum atomic E-state index is 11.9. The highest BCUT2D eigenvalue weighted by atomic mass is 35.5. The quantitative estimate of drug-likeness (QED) is 0.658. The lowest BCUT2D eigenvalue weighted by molar-refractivity contribution is -0.115. The zero-order chi connectivity index (χ0) is 16.1. The Morgan fingerprint density at radius 2 is 1.86 bits per heavy atom. The molecule has 0 atom stereocenters. The van der Waals surface area contributed by atoms with E-state index in [1.165, 1.54) is 11.8 Å². The molecule has 0 saturated heterocycles. The van der Waals surface area contributed by atoms with Crippen molar-refractivity contribution in [3.8, 4) is 0 Å². The van der Waals surface area contributed by atoms with Crippen LogP contribution in [-0.2, 0) is 4.79 Å². The summed E-state index contributed by atoms with van der Waals surface area (Å²) in [6.45, 7) is 5.80. The topological polar surface area (TPSA) is 54.9 Å². The van der Waals surface area contributed by atoms with E-state index >= 15 is 0 Å². The standard InChI is InChI=1S/C16H18ClN3OS/c1-10-4-5-13(9-14(10)17)20-15(21)6-7-22-16-18-11(2)8-12(3)19-16/h4-5,8-9H,6-7H2,1-3H3,(H,20,21). The van der Waals surface area contributed by atoms with Gasteiger partial charge in [0.2, 0.25) is 5.91 Å². The third kappa shape index (κ3) is 5.00. The largest absolute Gasteiger partial charge is 0.326 e. The molecule has 0 radical (unpaired) electrons. The molecule has 2 rings (SSSR count). The lowest BCUT2D eigenvalue weighted by Crippen LogP contribution is -2.12. The minimum absolute atomic E-state index is 0.0446. The normalized spacial score (nSPS) is 10.5. The number of hydrogen-bond donors (Lipinski definition) is 1. The van der Waals surface area contributed by atoms with E-state index < -0.39 is 0 Å². The Kier molecular flexibility index (Phi) is 5.80. The van der Waals surface area contributed by atoms with Crippen molar-refractivity contribution in [2.24, 2.45) is 0 Å². The van der Waals surface area contributed by atoms with Crippen LogP contribution in [-0.4, -0.2) is 21.6 Å². The Morgan fingerprint density at radius 3 is 2.50 bits per heavy atom. The van der Waals surface area contributed by atoms with Gasteiger partial charge in [-0.1, -0.05) is 29.4 Å². The molecule has 1 heterocycles. The Balaban J connectivity index is 1.83. The highest BCUT2D eigenvalue weighted by molar-refractivity contribution is 7.99. The monoisotopic (exact) mass is 335 g/mol. The number of rotatable bonds is 5. The van der Waals surface area contributed by atoms with Crippen LogP contribution in [0.25, 0.3) is 0 Å². The van der Waals surface area contributed by atoms with Gasteiger partial charge in [-0.15, -0.1) is 0 Å². The number of nitrogens with zero attached hydrogens (tertiary/aromatic N) is 2. The Bertz CT molecular complexity index is 671. The van der Waals surface area contributed by atoms with Gasteiger partial charge in [0.05, 0.1) is 0 Å². The fourth-order valence-corrected chi connectivity index (χ4v) is 2.95. The summed E-state index contributed by atoms with van der Waals surface area (Å²) >= 11 is 7.52. The molecule has 22 heavy (non-hydrogen) atoms. The van der Waals surface area contributed by atoms with Crippen molar-refractivity contribution in [3.63, 3.8) is 0 Å². The first-order chi connectivity index (χ1) is 10.4. The van der Waals surface area contributed by atoms with Gasteiger partial charge < -0.3 is 5.32 Å². The lowest BCUT2D eigenvalue weighted by Gasteiger charge is -2.07. The third-order valence-corrected chi connectivity index (χ3v) is 4.23. The minimum Gasteiger partial charge on any atom is -0.326 e. The number of aromatic nitrogens is 2. The summed E-state index contributed by atoms with van der Waals surface area (Å²) in [5.74, 6) is 0.589. The lowest BCUT2D eigenvalue weighted by atomic mass is 10.2. The van der Waals surface area contributed by atoms with Crippen LogP contribution in [0.15, 0.2) is 29.4 Å². The summed E-state index contributed by atoms with van der Waals surface area (Å²) < 4.78 is 0. The molecule has 4 nitrogen and oxygen atoms in total. The summed E-state index contributed by atoms with van der Waals surface area (Å²) in [5, 5.41) is 4.20. The van der Waals surface area contributed by atoms with Crippen LogP contribution in [0.1, 0.15) is 23.4 Å². The second-order valence-corrected chi connectivity index (χ2v) is 6.51. The van der Waals surface area contributed by atoms with Crippen LogP contribution in [0.4, 0.5) is 5.69 Å². The molecule has 0 spiro atoms. The van der Waals surface area contributed by atoms with E-state index in [0.717, 1.165) is 17.0 Å². The van der Waals surface area contributed by atoms with E-state index in [2.05, 4.69) is 15.3 Å². The van der Waals surface area contributed by atoms with E-state index in [9.17, 15) is 4.79 Å². The number of carbonyl (C=O) groups is 1. The van der Waals surface area contributed by atoms with Crippen LogP contribution >= 0.6 is 23.4 Å². The molecule has 0 saturated carbocycles. The first-order valence-corrected chi connectivity index (χ1v) is 8.31. The van der Waals surface area contributed by atoms with Gasteiger partial charge >= 0.3 is 0 Å². The van der Waals surface area contributed by atoms with Crippen molar-refractivity contribution in [1.29, 1.82) is 0 Å². The van der Waals surface area contributed by atoms with Crippen molar-refractivity contribution in [3.05, 3.63) is 46.2 Å². The maximum Gasteiger partial charge on any atom is 0.225 e.